The number of aromatic nitrogens is 3. The molecular weight excluding hydrogens is 646 g/mol. The highest BCUT2D eigenvalue weighted by Crippen LogP contribution is 2.22. The highest BCUT2D eigenvalue weighted by molar-refractivity contribution is 6.07. The Morgan fingerprint density at radius 1 is 0.980 bits per heavy atom. The molecule has 2 aromatic heterocycles. The lowest BCUT2D eigenvalue weighted by atomic mass is 10.1. The van der Waals surface area contributed by atoms with Gasteiger partial charge in [-0.15, -0.1) is 0 Å². The predicted octanol–water partition coefficient (Wildman–Crippen LogP) is 6.63. The zero-order chi connectivity index (χ0) is 35.9. The number of nitrogens with two attached hydrogens (primary N) is 1. The molecular formula is C37H44F2N6O5. The fraction of sp³-hybridized carbons (Fsp3) is 0.378. The van der Waals surface area contributed by atoms with Gasteiger partial charge >= 0.3 is 11.9 Å². The lowest BCUT2D eigenvalue weighted by Crippen LogP contribution is -2.34. The highest BCUT2D eigenvalue weighted by atomic mass is 19.3. The van der Waals surface area contributed by atoms with Crippen LogP contribution in [0.3, 0.4) is 0 Å². The Morgan fingerprint density at radius 3 is 2.46 bits per heavy atom. The fourth-order valence-corrected chi connectivity index (χ4v) is 5.21. The standard InChI is InChI=1S/C37H44F2N6O5/c1-3-49-36(47)20-22-45(33-12-6-8-21-41-33)37(48)27-16-19-31-30(24-27)43-34(44(31)2)25-42-28-17-14-26(15-18-28)29(40)10-4-5-13-35(46)50-23-9-7-11-32(38)39/h6,8,10,12,14-19,21,24,32,42H,3-5,7,9,11,13,20,22-23,25,40H2,1-2H3/b29-10+. The van der Waals surface area contributed by atoms with Crippen molar-refractivity contribution in [2.24, 2.45) is 12.8 Å². The van der Waals surface area contributed by atoms with Gasteiger partial charge in [0.05, 0.1) is 37.2 Å². The van der Waals surface area contributed by atoms with E-state index in [0.29, 0.717) is 54.8 Å². The van der Waals surface area contributed by atoms with Crippen molar-refractivity contribution < 1.29 is 32.6 Å². The molecule has 0 saturated carbocycles. The molecule has 0 fully saturated rings. The van der Waals surface area contributed by atoms with E-state index in [9.17, 15) is 23.2 Å². The van der Waals surface area contributed by atoms with Crippen LogP contribution >= 0.6 is 0 Å². The Bertz CT molecular complexity index is 1740. The van der Waals surface area contributed by atoms with E-state index >= 15 is 0 Å². The second-order valence-electron chi connectivity index (χ2n) is 11.6. The number of hydrogen-bond acceptors (Lipinski definition) is 9. The molecule has 11 nitrogen and oxygen atoms in total. The Kier molecular flexibility index (Phi) is 14.3. The fourth-order valence-electron chi connectivity index (χ4n) is 5.21. The molecule has 0 aliphatic carbocycles. The summed E-state index contributed by atoms with van der Waals surface area (Å²) >= 11 is 0. The van der Waals surface area contributed by atoms with Crippen LogP contribution in [0.1, 0.15) is 73.6 Å². The number of allylic oxidation sites excluding steroid dienone is 1. The van der Waals surface area contributed by atoms with Gasteiger partial charge in [-0.05, 0) is 80.6 Å². The summed E-state index contributed by atoms with van der Waals surface area (Å²) in [6, 6.07) is 18.3. The third-order valence-corrected chi connectivity index (χ3v) is 7.93. The van der Waals surface area contributed by atoms with Crippen molar-refractivity contribution in [3.05, 3.63) is 89.9 Å². The minimum atomic E-state index is -2.33. The number of carbonyl (C=O) groups is 3. The second-order valence-corrected chi connectivity index (χ2v) is 11.6. The smallest absolute Gasteiger partial charge is 0.307 e. The number of ether oxygens (including phenoxy) is 2. The molecule has 0 spiro atoms. The number of esters is 2. The monoisotopic (exact) mass is 690 g/mol. The van der Waals surface area contributed by atoms with Crippen LogP contribution in [0.5, 0.6) is 0 Å². The number of benzene rings is 2. The summed E-state index contributed by atoms with van der Waals surface area (Å²) in [5, 5.41) is 3.38. The largest absolute Gasteiger partial charge is 0.466 e. The Balaban J connectivity index is 1.31. The first-order valence-electron chi connectivity index (χ1n) is 16.7. The number of aryl methyl sites for hydroxylation is 1. The van der Waals surface area contributed by atoms with E-state index in [1.165, 1.54) is 4.90 Å². The Morgan fingerprint density at radius 2 is 1.74 bits per heavy atom. The van der Waals surface area contributed by atoms with Crippen molar-refractivity contribution in [2.45, 2.75) is 64.8 Å². The van der Waals surface area contributed by atoms with Gasteiger partial charge in [-0.3, -0.25) is 19.3 Å². The third kappa shape index (κ3) is 11.1. The number of nitrogens with one attached hydrogen (secondary N) is 1. The number of nitrogens with zero attached hydrogens (tertiary/aromatic N) is 4. The number of unbranched alkanes of at least 4 members (excludes halogenated alkanes) is 2. The van der Waals surface area contributed by atoms with Crippen LogP contribution in [0.25, 0.3) is 16.7 Å². The topological polar surface area (TPSA) is 142 Å². The van der Waals surface area contributed by atoms with Crippen molar-refractivity contribution >= 4 is 46.1 Å². The summed E-state index contributed by atoms with van der Waals surface area (Å²) in [4.78, 5) is 48.1. The molecule has 1 amide bonds. The average Bonchev–Trinajstić information content (AvgIpc) is 3.43. The van der Waals surface area contributed by atoms with Gasteiger partial charge in [-0.2, -0.15) is 0 Å². The number of rotatable bonds is 19. The van der Waals surface area contributed by atoms with Gasteiger partial charge in [0.2, 0.25) is 6.43 Å². The normalized spacial score (nSPS) is 11.5. The van der Waals surface area contributed by atoms with Crippen molar-refractivity contribution in [3.63, 3.8) is 0 Å². The number of carbonyl (C=O) groups excluding carboxylic acids is 3. The van der Waals surface area contributed by atoms with E-state index in [-0.39, 0.29) is 56.9 Å². The summed E-state index contributed by atoms with van der Waals surface area (Å²) in [5.74, 6) is 0.181. The molecule has 4 aromatic rings. The Labute approximate surface area is 290 Å². The number of pyridine rings is 1. The molecule has 3 N–H and O–H groups in total. The van der Waals surface area contributed by atoms with E-state index in [0.717, 1.165) is 22.6 Å². The molecule has 0 atom stereocenters. The van der Waals surface area contributed by atoms with E-state index in [2.05, 4.69) is 10.3 Å². The lowest BCUT2D eigenvalue weighted by molar-refractivity contribution is -0.144. The number of hydrogen-bond donors (Lipinski definition) is 2. The first-order chi connectivity index (χ1) is 24.2. The van der Waals surface area contributed by atoms with Crippen LogP contribution < -0.4 is 16.0 Å². The van der Waals surface area contributed by atoms with Gasteiger partial charge in [-0.25, -0.2) is 18.7 Å². The summed E-state index contributed by atoms with van der Waals surface area (Å²) in [5.41, 5.74) is 10.5. The van der Waals surface area contributed by atoms with Crippen molar-refractivity contribution in [3.8, 4) is 0 Å². The first kappa shape index (κ1) is 37.5. The zero-order valence-corrected chi connectivity index (χ0v) is 28.4. The molecule has 2 aromatic carbocycles. The van der Waals surface area contributed by atoms with Crippen LogP contribution in [0.4, 0.5) is 20.3 Å². The number of fused-ring (bicyclic) bond motifs is 1. The molecule has 0 radical (unpaired) electrons. The predicted molar refractivity (Wildman–Crippen MR) is 188 cm³/mol. The minimum absolute atomic E-state index is 0.0389. The SMILES string of the molecule is CCOC(=O)CCN(C(=O)c1ccc2c(c1)nc(CNc1ccc(/C(N)=C\CCCC(=O)OCCCCC(F)F)cc1)n2C)c1ccccn1. The van der Waals surface area contributed by atoms with E-state index in [1.54, 1.807) is 43.5 Å². The second kappa shape index (κ2) is 19.0. The van der Waals surface area contributed by atoms with Crippen LogP contribution in [0, 0.1) is 0 Å². The summed E-state index contributed by atoms with van der Waals surface area (Å²) < 4.78 is 36.4. The highest BCUT2D eigenvalue weighted by Gasteiger charge is 2.21. The number of alkyl halides is 2. The Hall–Kier alpha value is -5.33. The number of anilines is 2. The molecule has 0 aliphatic heterocycles. The van der Waals surface area contributed by atoms with Gasteiger partial charge in [0, 0.05) is 49.6 Å². The van der Waals surface area contributed by atoms with Crippen LogP contribution in [0.2, 0.25) is 0 Å². The van der Waals surface area contributed by atoms with Gasteiger partial charge < -0.3 is 25.1 Å². The maximum atomic E-state index is 13.6. The van der Waals surface area contributed by atoms with Gasteiger partial charge in [0.1, 0.15) is 11.6 Å². The molecule has 0 saturated heterocycles. The maximum Gasteiger partial charge on any atom is 0.307 e. The molecule has 13 heteroatoms. The van der Waals surface area contributed by atoms with Gasteiger partial charge in [0.25, 0.3) is 5.91 Å². The molecule has 0 bridgehead atoms. The van der Waals surface area contributed by atoms with E-state index < -0.39 is 6.43 Å². The zero-order valence-electron chi connectivity index (χ0n) is 28.4. The average molecular weight is 691 g/mol. The molecule has 0 aliphatic rings. The minimum Gasteiger partial charge on any atom is -0.466 e. The van der Waals surface area contributed by atoms with Crippen LogP contribution in [-0.2, 0) is 32.7 Å². The van der Waals surface area contributed by atoms with Crippen LogP contribution in [-0.4, -0.2) is 58.6 Å². The summed E-state index contributed by atoms with van der Waals surface area (Å²) in [7, 11) is 1.92. The number of halogens is 2. The molecule has 2 heterocycles. The molecule has 4 rings (SSSR count). The van der Waals surface area contributed by atoms with E-state index in [1.807, 2.05) is 48.0 Å². The first-order valence-corrected chi connectivity index (χ1v) is 16.7. The summed E-state index contributed by atoms with van der Waals surface area (Å²) in [6.45, 7) is 2.72. The summed E-state index contributed by atoms with van der Waals surface area (Å²) in [6.07, 6.45) is 3.17. The van der Waals surface area contributed by atoms with Crippen LogP contribution in [0.15, 0.2) is 72.9 Å². The number of imidazole rings is 1. The molecule has 0 unspecified atom stereocenters. The van der Waals surface area contributed by atoms with E-state index in [4.69, 9.17) is 20.2 Å². The van der Waals surface area contributed by atoms with Gasteiger partial charge in [-0.1, -0.05) is 24.3 Å². The molecule has 266 valence electrons. The molecule has 50 heavy (non-hydrogen) atoms. The quantitative estimate of drug-likeness (QED) is 0.0819. The van der Waals surface area contributed by atoms with Crippen molar-refractivity contribution in [2.75, 3.05) is 30.0 Å². The van der Waals surface area contributed by atoms with Crippen molar-refractivity contribution in [1.29, 1.82) is 0 Å². The number of amides is 1. The van der Waals surface area contributed by atoms with Crippen molar-refractivity contribution in [1.82, 2.24) is 14.5 Å². The van der Waals surface area contributed by atoms with Gasteiger partial charge in [0.15, 0.2) is 0 Å². The lowest BCUT2D eigenvalue weighted by Gasteiger charge is -2.21. The maximum absolute atomic E-state index is 13.6. The third-order valence-electron chi connectivity index (χ3n) is 7.93.